The maximum atomic E-state index is 11.8. The minimum atomic E-state index is -0.328. The Hall–Kier alpha value is -1.01. The van der Waals surface area contributed by atoms with Crippen molar-refractivity contribution in [2.24, 2.45) is 0 Å². The summed E-state index contributed by atoms with van der Waals surface area (Å²) >= 11 is 1.09. The lowest BCUT2D eigenvalue weighted by molar-refractivity contribution is -0.0298. The SMILES string of the molecule is CCc1nnsc1C(=O)OCC1CCCCO1. The van der Waals surface area contributed by atoms with E-state index in [0.717, 1.165) is 37.4 Å². The van der Waals surface area contributed by atoms with Crippen molar-refractivity contribution in [2.45, 2.75) is 38.7 Å². The van der Waals surface area contributed by atoms with Gasteiger partial charge in [0.25, 0.3) is 0 Å². The van der Waals surface area contributed by atoms with Crippen molar-refractivity contribution >= 4 is 17.5 Å². The van der Waals surface area contributed by atoms with Gasteiger partial charge >= 0.3 is 5.97 Å². The Morgan fingerprint density at radius 3 is 3.18 bits per heavy atom. The highest BCUT2D eigenvalue weighted by Crippen LogP contribution is 2.16. The van der Waals surface area contributed by atoms with Gasteiger partial charge in [0, 0.05) is 6.61 Å². The molecule has 1 aromatic heterocycles. The largest absolute Gasteiger partial charge is 0.459 e. The van der Waals surface area contributed by atoms with E-state index in [-0.39, 0.29) is 12.1 Å². The average molecular weight is 256 g/mol. The lowest BCUT2D eigenvalue weighted by atomic mass is 10.1. The third-order valence-electron chi connectivity index (χ3n) is 2.75. The van der Waals surface area contributed by atoms with Gasteiger partial charge in [0.15, 0.2) is 4.88 Å². The number of hydrogen-bond acceptors (Lipinski definition) is 6. The van der Waals surface area contributed by atoms with Crippen LogP contribution in [0.1, 0.15) is 41.6 Å². The highest BCUT2D eigenvalue weighted by Gasteiger charge is 2.20. The normalized spacial score (nSPS) is 20.2. The van der Waals surface area contributed by atoms with Gasteiger partial charge < -0.3 is 9.47 Å². The van der Waals surface area contributed by atoms with Crippen LogP contribution in [0.2, 0.25) is 0 Å². The van der Waals surface area contributed by atoms with E-state index in [0.29, 0.717) is 23.6 Å². The molecule has 0 radical (unpaired) electrons. The Morgan fingerprint density at radius 1 is 1.59 bits per heavy atom. The molecule has 6 heteroatoms. The predicted molar refractivity (Wildman–Crippen MR) is 63.2 cm³/mol. The molecule has 0 saturated carbocycles. The van der Waals surface area contributed by atoms with E-state index in [2.05, 4.69) is 9.59 Å². The standard InChI is InChI=1S/C11H16N2O3S/c1-2-9-10(17-13-12-9)11(14)16-7-8-5-3-4-6-15-8/h8H,2-7H2,1H3. The quantitative estimate of drug-likeness (QED) is 0.769. The van der Waals surface area contributed by atoms with Gasteiger partial charge in [-0.25, -0.2) is 4.79 Å². The molecule has 0 aliphatic carbocycles. The van der Waals surface area contributed by atoms with Gasteiger partial charge in [0.2, 0.25) is 0 Å². The first kappa shape index (κ1) is 12.4. The Balaban J connectivity index is 1.84. The van der Waals surface area contributed by atoms with Crippen molar-refractivity contribution in [1.29, 1.82) is 0 Å². The van der Waals surface area contributed by atoms with Crippen LogP contribution in [0.15, 0.2) is 0 Å². The predicted octanol–water partition coefficient (Wildman–Crippen LogP) is 1.83. The summed E-state index contributed by atoms with van der Waals surface area (Å²) in [5.41, 5.74) is 0.713. The number of aromatic nitrogens is 2. The fraction of sp³-hybridized carbons (Fsp3) is 0.727. The summed E-state index contributed by atoms with van der Waals surface area (Å²) in [5, 5.41) is 3.89. The summed E-state index contributed by atoms with van der Waals surface area (Å²) in [6.45, 7) is 3.04. The van der Waals surface area contributed by atoms with E-state index in [9.17, 15) is 4.79 Å². The van der Waals surface area contributed by atoms with Crippen LogP contribution in [-0.4, -0.2) is 34.9 Å². The molecule has 5 nitrogen and oxygen atoms in total. The molecule has 0 N–H and O–H groups in total. The molecule has 1 fully saturated rings. The maximum absolute atomic E-state index is 11.8. The highest BCUT2D eigenvalue weighted by atomic mass is 32.1. The third-order valence-corrected chi connectivity index (χ3v) is 3.50. The number of nitrogens with zero attached hydrogens (tertiary/aromatic N) is 2. The Kier molecular flexibility index (Phi) is 4.44. The first-order valence-corrected chi connectivity index (χ1v) is 6.68. The molecular weight excluding hydrogens is 240 g/mol. The molecule has 0 spiro atoms. The van der Waals surface area contributed by atoms with Gasteiger partial charge in [-0.3, -0.25) is 0 Å². The fourth-order valence-corrected chi connectivity index (χ4v) is 2.41. The van der Waals surface area contributed by atoms with Crippen LogP contribution in [0.3, 0.4) is 0 Å². The molecule has 0 amide bonds. The lowest BCUT2D eigenvalue weighted by Crippen LogP contribution is -2.26. The van der Waals surface area contributed by atoms with Crippen molar-refractivity contribution in [3.05, 3.63) is 10.6 Å². The van der Waals surface area contributed by atoms with Crippen molar-refractivity contribution in [3.63, 3.8) is 0 Å². The Morgan fingerprint density at radius 2 is 2.47 bits per heavy atom. The van der Waals surface area contributed by atoms with Crippen LogP contribution in [0.4, 0.5) is 0 Å². The van der Waals surface area contributed by atoms with Crippen LogP contribution in [0.25, 0.3) is 0 Å². The zero-order chi connectivity index (χ0) is 12.1. The molecular formula is C11H16N2O3S. The molecule has 1 saturated heterocycles. The van der Waals surface area contributed by atoms with Crippen LogP contribution in [-0.2, 0) is 15.9 Å². The number of hydrogen-bond donors (Lipinski definition) is 0. The van der Waals surface area contributed by atoms with Crippen LogP contribution in [0.5, 0.6) is 0 Å². The van der Waals surface area contributed by atoms with E-state index in [1.54, 1.807) is 0 Å². The van der Waals surface area contributed by atoms with E-state index < -0.39 is 0 Å². The second kappa shape index (κ2) is 6.07. The number of ether oxygens (including phenoxy) is 2. The number of carbonyl (C=O) groups is 1. The van der Waals surface area contributed by atoms with Crippen molar-refractivity contribution < 1.29 is 14.3 Å². The van der Waals surface area contributed by atoms with Gasteiger partial charge in [-0.2, -0.15) is 0 Å². The van der Waals surface area contributed by atoms with Crippen LogP contribution >= 0.6 is 11.5 Å². The van der Waals surface area contributed by atoms with Crippen LogP contribution in [0, 0.1) is 0 Å². The molecule has 94 valence electrons. The monoisotopic (exact) mass is 256 g/mol. The third kappa shape index (κ3) is 3.23. The van der Waals surface area contributed by atoms with Crippen molar-refractivity contribution in [1.82, 2.24) is 9.59 Å². The van der Waals surface area contributed by atoms with E-state index in [1.807, 2.05) is 6.92 Å². The molecule has 17 heavy (non-hydrogen) atoms. The molecule has 0 bridgehead atoms. The fourth-order valence-electron chi connectivity index (χ4n) is 1.77. The van der Waals surface area contributed by atoms with Gasteiger partial charge in [-0.1, -0.05) is 11.4 Å². The molecule has 1 aliphatic heterocycles. The van der Waals surface area contributed by atoms with Crippen LogP contribution < -0.4 is 0 Å². The summed E-state index contributed by atoms with van der Waals surface area (Å²) in [4.78, 5) is 12.3. The molecule has 1 aromatic rings. The summed E-state index contributed by atoms with van der Waals surface area (Å²) < 4.78 is 14.5. The summed E-state index contributed by atoms with van der Waals surface area (Å²) in [6, 6.07) is 0. The zero-order valence-electron chi connectivity index (χ0n) is 9.85. The van der Waals surface area contributed by atoms with Gasteiger partial charge in [-0.05, 0) is 37.2 Å². The second-order valence-corrected chi connectivity index (χ2v) is 4.74. The maximum Gasteiger partial charge on any atom is 0.352 e. The van der Waals surface area contributed by atoms with E-state index in [1.165, 1.54) is 0 Å². The molecule has 2 heterocycles. The van der Waals surface area contributed by atoms with Gasteiger partial charge in [0.05, 0.1) is 11.8 Å². The van der Waals surface area contributed by atoms with E-state index in [4.69, 9.17) is 9.47 Å². The Labute approximate surface area is 104 Å². The molecule has 1 aliphatic rings. The average Bonchev–Trinajstić information content (AvgIpc) is 2.85. The van der Waals surface area contributed by atoms with Crippen molar-refractivity contribution in [2.75, 3.05) is 13.2 Å². The Bertz CT molecular complexity index is 375. The molecule has 1 atom stereocenters. The first-order chi connectivity index (χ1) is 8.31. The van der Waals surface area contributed by atoms with E-state index >= 15 is 0 Å². The minimum Gasteiger partial charge on any atom is -0.459 e. The summed E-state index contributed by atoms with van der Waals surface area (Å²) in [5.74, 6) is -0.328. The molecule has 2 rings (SSSR count). The number of carbonyl (C=O) groups excluding carboxylic acids is 1. The highest BCUT2D eigenvalue weighted by molar-refractivity contribution is 7.07. The number of aryl methyl sites for hydroxylation is 1. The second-order valence-electron chi connectivity index (χ2n) is 3.99. The minimum absolute atomic E-state index is 0.0543. The molecule has 1 unspecified atom stereocenters. The topological polar surface area (TPSA) is 61.3 Å². The number of rotatable bonds is 4. The smallest absolute Gasteiger partial charge is 0.352 e. The summed E-state index contributed by atoms with van der Waals surface area (Å²) in [7, 11) is 0. The number of esters is 1. The zero-order valence-corrected chi connectivity index (χ0v) is 10.7. The van der Waals surface area contributed by atoms with Gasteiger partial charge in [-0.15, -0.1) is 5.10 Å². The van der Waals surface area contributed by atoms with Gasteiger partial charge in [0.1, 0.15) is 6.61 Å². The molecule has 0 aromatic carbocycles. The summed E-state index contributed by atoms with van der Waals surface area (Å²) in [6.07, 6.45) is 3.96. The lowest BCUT2D eigenvalue weighted by Gasteiger charge is -2.21. The van der Waals surface area contributed by atoms with Crippen molar-refractivity contribution in [3.8, 4) is 0 Å². The first-order valence-electron chi connectivity index (χ1n) is 5.91.